The molecule has 30 heavy (non-hydrogen) atoms. The number of rotatable bonds is 3. The molecule has 0 aliphatic carbocycles. The van der Waals surface area contributed by atoms with E-state index in [0.29, 0.717) is 45.0 Å². The van der Waals surface area contributed by atoms with Crippen LogP contribution in [0.1, 0.15) is 32.3 Å². The number of anilines is 1. The van der Waals surface area contributed by atoms with Gasteiger partial charge in [0.05, 0.1) is 5.56 Å². The number of piperidine rings is 1. The molecule has 2 aliphatic rings. The highest BCUT2D eigenvalue weighted by atomic mass is 19.4. The van der Waals surface area contributed by atoms with Crippen LogP contribution in [0.2, 0.25) is 0 Å². The SMILES string of the molecule is CC(C)NC(=O)C(=O)N1CCC[C@@H](N2CCN(c3cccc(C(F)(F)F)c3)CC2)C1. The fourth-order valence-electron chi connectivity index (χ4n) is 4.13. The summed E-state index contributed by atoms with van der Waals surface area (Å²) >= 11 is 0. The maximum Gasteiger partial charge on any atom is 0.416 e. The summed E-state index contributed by atoms with van der Waals surface area (Å²) in [6.07, 6.45) is -2.57. The summed E-state index contributed by atoms with van der Waals surface area (Å²) in [6, 6.07) is 5.51. The van der Waals surface area contributed by atoms with Crippen molar-refractivity contribution in [1.29, 1.82) is 0 Å². The molecular weight excluding hydrogens is 397 g/mol. The third kappa shape index (κ3) is 5.44. The van der Waals surface area contributed by atoms with Gasteiger partial charge in [-0.3, -0.25) is 14.5 Å². The van der Waals surface area contributed by atoms with Crippen molar-refractivity contribution in [3.63, 3.8) is 0 Å². The van der Waals surface area contributed by atoms with Crippen LogP contribution in [0.4, 0.5) is 18.9 Å². The van der Waals surface area contributed by atoms with Gasteiger partial charge in [-0.1, -0.05) is 6.07 Å². The molecule has 0 bridgehead atoms. The lowest BCUT2D eigenvalue weighted by Gasteiger charge is -2.43. The Kier molecular flexibility index (Phi) is 6.90. The van der Waals surface area contributed by atoms with Crippen molar-refractivity contribution in [2.75, 3.05) is 44.2 Å². The van der Waals surface area contributed by atoms with E-state index in [1.807, 2.05) is 18.7 Å². The van der Waals surface area contributed by atoms with Crippen LogP contribution in [0.5, 0.6) is 0 Å². The van der Waals surface area contributed by atoms with Gasteiger partial charge in [0, 0.05) is 57.0 Å². The lowest BCUT2D eigenvalue weighted by Crippen LogP contribution is -2.57. The number of halogens is 3. The number of amides is 2. The minimum Gasteiger partial charge on any atom is -0.369 e. The number of carbonyl (C=O) groups excluding carboxylic acids is 2. The quantitative estimate of drug-likeness (QED) is 0.754. The second-order valence-electron chi connectivity index (χ2n) is 8.25. The molecule has 1 atom stereocenters. The van der Waals surface area contributed by atoms with E-state index in [1.54, 1.807) is 11.0 Å². The van der Waals surface area contributed by atoms with E-state index < -0.39 is 23.6 Å². The number of nitrogens with zero attached hydrogens (tertiary/aromatic N) is 3. The first-order valence-corrected chi connectivity index (χ1v) is 10.4. The van der Waals surface area contributed by atoms with Gasteiger partial charge in [-0.25, -0.2) is 0 Å². The zero-order valence-corrected chi connectivity index (χ0v) is 17.4. The van der Waals surface area contributed by atoms with Crippen molar-refractivity contribution in [3.8, 4) is 0 Å². The zero-order chi connectivity index (χ0) is 21.9. The van der Waals surface area contributed by atoms with E-state index >= 15 is 0 Å². The molecule has 6 nitrogen and oxygen atoms in total. The number of carbonyl (C=O) groups is 2. The van der Waals surface area contributed by atoms with Crippen LogP contribution in [0.15, 0.2) is 24.3 Å². The van der Waals surface area contributed by atoms with Crippen molar-refractivity contribution < 1.29 is 22.8 Å². The molecule has 3 rings (SSSR count). The monoisotopic (exact) mass is 426 g/mol. The highest BCUT2D eigenvalue weighted by molar-refractivity contribution is 6.35. The molecular formula is C21H29F3N4O2. The van der Waals surface area contributed by atoms with Crippen molar-refractivity contribution in [2.24, 2.45) is 0 Å². The largest absolute Gasteiger partial charge is 0.416 e. The maximum atomic E-state index is 13.0. The Bertz CT molecular complexity index is 761. The summed E-state index contributed by atoms with van der Waals surface area (Å²) in [5, 5.41) is 2.64. The van der Waals surface area contributed by atoms with Gasteiger partial charge in [0.15, 0.2) is 0 Å². The minimum atomic E-state index is -4.35. The predicted molar refractivity (Wildman–Crippen MR) is 108 cm³/mol. The lowest BCUT2D eigenvalue weighted by molar-refractivity contribution is -0.147. The van der Waals surface area contributed by atoms with E-state index in [4.69, 9.17) is 0 Å². The molecule has 0 saturated carbocycles. The van der Waals surface area contributed by atoms with Gasteiger partial charge < -0.3 is 15.1 Å². The smallest absolute Gasteiger partial charge is 0.369 e. The zero-order valence-electron chi connectivity index (χ0n) is 17.4. The van der Waals surface area contributed by atoms with Crippen molar-refractivity contribution in [1.82, 2.24) is 15.1 Å². The highest BCUT2D eigenvalue weighted by Crippen LogP contribution is 2.32. The average molecular weight is 426 g/mol. The fraction of sp³-hybridized carbons (Fsp3) is 0.619. The Morgan fingerprint density at radius 3 is 2.43 bits per heavy atom. The van der Waals surface area contributed by atoms with Crippen molar-refractivity contribution in [3.05, 3.63) is 29.8 Å². The molecule has 2 saturated heterocycles. The van der Waals surface area contributed by atoms with E-state index in [2.05, 4.69) is 10.2 Å². The first kappa shape index (κ1) is 22.4. The predicted octanol–water partition coefficient (Wildman–Crippen LogP) is 2.34. The van der Waals surface area contributed by atoms with Gasteiger partial charge >= 0.3 is 18.0 Å². The molecule has 1 aromatic rings. The Morgan fingerprint density at radius 1 is 1.10 bits per heavy atom. The van der Waals surface area contributed by atoms with Crippen LogP contribution in [-0.2, 0) is 15.8 Å². The second kappa shape index (κ2) is 9.24. The van der Waals surface area contributed by atoms with Gasteiger partial charge in [-0.15, -0.1) is 0 Å². The lowest BCUT2D eigenvalue weighted by atomic mass is 10.0. The van der Waals surface area contributed by atoms with Gasteiger partial charge in [-0.2, -0.15) is 13.2 Å². The van der Waals surface area contributed by atoms with E-state index in [-0.39, 0.29) is 12.1 Å². The van der Waals surface area contributed by atoms with Crippen LogP contribution in [0.25, 0.3) is 0 Å². The third-order valence-electron chi connectivity index (χ3n) is 5.67. The summed E-state index contributed by atoms with van der Waals surface area (Å²) in [5.74, 6) is -1.06. The summed E-state index contributed by atoms with van der Waals surface area (Å²) in [5.41, 5.74) is -0.0566. The van der Waals surface area contributed by atoms with Gasteiger partial charge in [0.2, 0.25) is 0 Å². The molecule has 1 aromatic carbocycles. The topological polar surface area (TPSA) is 55.9 Å². The standard InChI is InChI=1S/C21H29F3N4O2/c1-15(2)25-19(29)20(30)28-8-4-7-18(14-28)27-11-9-26(10-12-27)17-6-3-5-16(13-17)21(22,23)24/h3,5-6,13,15,18H,4,7-12,14H2,1-2H3,(H,25,29)/t18-/m1/s1. The normalized spacial score (nSPS) is 21.1. The summed E-state index contributed by atoms with van der Waals surface area (Å²) in [6.45, 7) is 7.38. The Morgan fingerprint density at radius 2 is 1.80 bits per heavy atom. The number of benzene rings is 1. The number of likely N-dealkylation sites (tertiary alicyclic amines) is 1. The molecule has 2 fully saturated rings. The molecule has 2 amide bonds. The molecule has 0 radical (unpaired) electrons. The summed E-state index contributed by atoms with van der Waals surface area (Å²) in [7, 11) is 0. The van der Waals surface area contributed by atoms with Crippen LogP contribution < -0.4 is 10.2 Å². The van der Waals surface area contributed by atoms with Crippen LogP contribution in [-0.4, -0.2) is 73.0 Å². The molecule has 2 heterocycles. The first-order valence-electron chi connectivity index (χ1n) is 10.4. The van der Waals surface area contributed by atoms with Crippen molar-refractivity contribution >= 4 is 17.5 Å². The molecule has 0 spiro atoms. The van der Waals surface area contributed by atoms with Crippen LogP contribution in [0, 0.1) is 0 Å². The van der Waals surface area contributed by atoms with E-state index in [0.717, 1.165) is 18.9 Å². The fourth-order valence-corrected chi connectivity index (χ4v) is 4.13. The highest BCUT2D eigenvalue weighted by Gasteiger charge is 2.33. The molecule has 166 valence electrons. The van der Waals surface area contributed by atoms with Gasteiger partial charge in [-0.05, 0) is 44.9 Å². The van der Waals surface area contributed by atoms with Gasteiger partial charge in [0.25, 0.3) is 0 Å². The maximum absolute atomic E-state index is 13.0. The average Bonchev–Trinajstić information content (AvgIpc) is 2.72. The Balaban J connectivity index is 1.56. The molecule has 2 aliphatic heterocycles. The number of alkyl halides is 3. The molecule has 1 N–H and O–H groups in total. The summed E-state index contributed by atoms with van der Waals surface area (Å²) < 4.78 is 38.9. The Labute approximate surface area is 175 Å². The summed E-state index contributed by atoms with van der Waals surface area (Å²) in [4.78, 5) is 30.3. The number of piperazine rings is 1. The minimum absolute atomic E-state index is 0.0917. The van der Waals surface area contributed by atoms with E-state index in [9.17, 15) is 22.8 Å². The van der Waals surface area contributed by atoms with Crippen LogP contribution >= 0.6 is 0 Å². The molecule has 0 unspecified atom stereocenters. The molecule has 0 aromatic heterocycles. The van der Waals surface area contributed by atoms with E-state index in [1.165, 1.54) is 12.1 Å². The first-order chi connectivity index (χ1) is 14.1. The van der Waals surface area contributed by atoms with Gasteiger partial charge in [0.1, 0.15) is 0 Å². The number of hydrogen-bond donors (Lipinski definition) is 1. The van der Waals surface area contributed by atoms with Crippen molar-refractivity contribution in [2.45, 2.75) is 44.9 Å². The second-order valence-corrected chi connectivity index (χ2v) is 8.25. The Hall–Kier alpha value is -2.29. The number of hydrogen-bond acceptors (Lipinski definition) is 4. The van der Waals surface area contributed by atoms with Crippen LogP contribution in [0.3, 0.4) is 0 Å². The molecule has 9 heteroatoms. The number of nitrogens with one attached hydrogen (secondary N) is 1. The third-order valence-corrected chi connectivity index (χ3v) is 5.67.